The first kappa shape index (κ1) is 18.2. The van der Waals surface area contributed by atoms with Crippen molar-refractivity contribution in [1.82, 2.24) is 25.1 Å². The Labute approximate surface area is 163 Å². The molecule has 2 heterocycles. The number of nitrogens with zero attached hydrogens (tertiary/aromatic N) is 2. The minimum atomic E-state index is -0.379. The summed E-state index contributed by atoms with van der Waals surface area (Å²) in [7, 11) is 0. The fourth-order valence-corrected chi connectivity index (χ4v) is 2.93. The molecule has 0 aliphatic carbocycles. The second-order valence-corrected chi connectivity index (χ2v) is 6.32. The van der Waals surface area contributed by atoms with E-state index in [1.807, 2.05) is 0 Å². The molecule has 2 amide bonds. The summed E-state index contributed by atoms with van der Waals surface area (Å²) in [5.74, 6) is 0.0809. The molecule has 0 unspecified atom stereocenters. The van der Waals surface area contributed by atoms with Crippen molar-refractivity contribution in [1.29, 1.82) is 0 Å². The number of aryl methyl sites for hydroxylation is 1. The number of hydrogen-bond donors (Lipinski definition) is 5. The van der Waals surface area contributed by atoms with Gasteiger partial charge in [-0.3, -0.25) is 14.7 Å². The largest absolute Gasteiger partial charge is 0.326 e. The molecule has 0 spiro atoms. The summed E-state index contributed by atoms with van der Waals surface area (Å²) in [5.41, 5.74) is 2.01. The Balaban J connectivity index is 1.43. The molecule has 2 aromatic carbocycles. The number of aromatic amines is 3. The van der Waals surface area contributed by atoms with Gasteiger partial charge in [0.1, 0.15) is 12.2 Å². The third kappa shape index (κ3) is 4.21. The average molecular weight is 391 g/mol. The van der Waals surface area contributed by atoms with E-state index in [2.05, 4.69) is 35.8 Å². The highest BCUT2D eigenvalue weighted by atomic mass is 16.2. The fraction of sp³-hybridized carbons (Fsp3) is 0.105. The van der Waals surface area contributed by atoms with Crippen LogP contribution in [0.5, 0.6) is 0 Å². The van der Waals surface area contributed by atoms with Crippen LogP contribution in [-0.2, 0) is 11.2 Å². The van der Waals surface area contributed by atoms with Gasteiger partial charge in [-0.2, -0.15) is 5.10 Å². The Hall–Kier alpha value is -4.21. The van der Waals surface area contributed by atoms with Crippen molar-refractivity contribution in [2.45, 2.75) is 12.8 Å². The Morgan fingerprint density at radius 2 is 1.79 bits per heavy atom. The van der Waals surface area contributed by atoms with Crippen LogP contribution in [0.3, 0.4) is 0 Å². The molecule has 10 heteroatoms. The summed E-state index contributed by atoms with van der Waals surface area (Å²) in [6.07, 6.45) is 2.08. The predicted molar refractivity (Wildman–Crippen MR) is 107 cm³/mol. The van der Waals surface area contributed by atoms with Crippen molar-refractivity contribution in [3.05, 3.63) is 70.7 Å². The van der Waals surface area contributed by atoms with Gasteiger partial charge in [-0.15, -0.1) is 0 Å². The first-order chi connectivity index (χ1) is 14.1. The first-order valence-electron chi connectivity index (χ1n) is 8.85. The molecule has 2 aromatic heterocycles. The lowest BCUT2D eigenvalue weighted by molar-refractivity contribution is -0.116. The van der Waals surface area contributed by atoms with Crippen LogP contribution in [0.2, 0.25) is 0 Å². The predicted octanol–water partition coefficient (Wildman–Crippen LogP) is 1.80. The minimum absolute atomic E-state index is 0.181. The van der Waals surface area contributed by atoms with Gasteiger partial charge in [-0.1, -0.05) is 12.1 Å². The summed E-state index contributed by atoms with van der Waals surface area (Å²) in [6.45, 7) is 0. The van der Waals surface area contributed by atoms with Crippen LogP contribution in [0, 0.1) is 0 Å². The van der Waals surface area contributed by atoms with Gasteiger partial charge < -0.3 is 20.6 Å². The van der Waals surface area contributed by atoms with Crippen LogP contribution in [0.4, 0.5) is 11.4 Å². The highest BCUT2D eigenvalue weighted by Gasteiger charge is 2.13. The van der Waals surface area contributed by atoms with Crippen molar-refractivity contribution in [3.63, 3.8) is 0 Å². The molecule has 29 heavy (non-hydrogen) atoms. The molecule has 0 saturated heterocycles. The molecule has 0 bridgehead atoms. The van der Waals surface area contributed by atoms with Gasteiger partial charge in [-0.25, -0.2) is 9.78 Å². The zero-order valence-electron chi connectivity index (χ0n) is 15.2. The lowest BCUT2D eigenvalue weighted by atomic mass is 10.1. The van der Waals surface area contributed by atoms with E-state index in [-0.39, 0.29) is 23.9 Å². The Bertz CT molecular complexity index is 1220. The van der Waals surface area contributed by atoms with E-state index in [9.17, 15) is 14.4 Å². The number of imidazole rings is 1. The minimum Gasteiger partial charge on any atom is -0.326 e. The van der Waals surface area contributed by atoms with Crippen molar-refractivity contribution >= 4 is 34.2 Å². The monoisotopic (exact) mass is 391 g/mol. The summed E-state index contributed by atoms with van der Waals surface area (Å²) in [6, 6.07) is 11.8. The second-order valence-electron chi connectivity index (χ2n) is 6.32. The Morgan fingerprint density at radius 3 is 2.59 bits per heavy atom. The van der Waals surface area contributed by atoms with Gasteiger partial charge in [0.05, 0.1) is 16.6 Å². The maximum atomic E-state index is 12.7. The maximum Gasteiger partial charge on any atom is 0.323 e. The SMILES string of the molecule is O=C(CCc1ncn[nH]1)Nc1cccc(NC(=O)c2cccc3[nH]c(=O)[nH]c23)c1. The molecule has 0 saturated carbocycles. The summed E-state index contributed by atoms with van der Waals surface area (Å²) in [4.78, 5) is 45.5. The van der Waals surface area contributed by atoms with E-state index in [0.717, 1.165) is 0 Å². The van der Waals surface area contributed by atoms with E-state index in [4.69, 9.17) is 0 Å². The number of hydrogen-bond acceptors (Lipinski definition) is 5. The van der Waals surface area contributed by atoms with Crippen LogP contribution in [0.15, 0.2) is 53.6 Å². The number of carbonyl (C=O) groups is 2. The molecular weight excluding hydrogens is 374 g/mol. The summed E-state index contributed by atoms with van der Waals surface area (Å²) >= 11 is 0. The van der Waals surface area contributed by atoms with Gasteiger partial charge in [0.15, 0.2) is 0 Å². The van der Waals surface area contributed by atoms with Gasteiger partial charge in [0, 0.05) is 24.2 Å². The van der Waals surface area contributed by atoms with Gasteiger partial charge in [0.25, 0.3) is 5.91 Å². The van der Waals surface area contributed by atoms with E-state index >= 15 is 0 Å². The highest BCUT2D eigenvalue weighted by Crippen LogP contribution is 2.19. The molecule has 0 aliphatic rings. The van der Waals surface area contributed by atoms with Crippen molar-refractivity contribution in [2.75, 3.05) is 10.6 Å². The molecule has 0 radical (unpaired) electrons. The molecule has 5 N–H and O–H groups in total. The molecule has 4 rings (SSSR count). The maximum absolute atomic E-state index is 12.7. The quantitative estimate of drug-likeness (QED) is 0.340. The number of aromatic nitrogens is 5. The second kappa shape index (κ2) is 7.80. The van der Waals surface area contributed by atoms with Gasteiger partial charge in [-0.05, 0) is 30.3 Å². The fourth-order valence-electron chi connectivity index (χ4n) is 2.93. The van der Waals surface area contributed by atoms with E-state index < -0.39 is 0 Å². The Kier molecular flexibility index (Phi) is 4.89. The number of nitrogens with one attached hydrogen (secondary N) is 5. The van der Waals surface area contributed by atoms with Crippen LogP contribution in [-0.4, -0.2) is 37.0 Å². The average Bonchev–Trinajstić information content (AvgIpc) is 3.34. The smallest absolute Gasteiger partial charge is 0.323 e. The molecule has 0 aliphatic heterocycles. The van der Waals surface area contributed by atoms with Gasteiger partial charge in [0.2, 0.25) is 5.91 Å². The van der Waals surface area contributed by atoms with E-state index in [1.165, 1.54) is 6.33 Å². The molecule has 4 aromatic rings. The number of rotatable bonds is 6. The Morgan fingerprint density at radius 1 is 1.00 bits per heavy atom. The number of carbonyl (C=O) groups excluding carboxylic acids is 2. The zero-order valence-corrected chi connectivity index (χ0v) is 15.2. The van der Waals surface area contributed by atoms with Crippen LogP contribution >= 0.6 is 0 Å². The standard InChI is InChI=1S/C19H17N7O3/c27-16(8-7-15-20-10-21-26-15)22-11-3-1-4-12(9-11)23-18(28)13-5-2-6-14-17(13)25-19(29)24-14/h1-6,9-10H,7-8H2,(H,22,27)(H,23,28)(H,20,21,26)(H2,24,25,29). The zero-order chi connectivity index (χ0) is 20.2. The van der Waals surface area contributed by atoms with Crippen molar-refractivity contribution in [2.24, 2.45) is 0 Å². The van der Waals surface area contributed by atoms with Crippen molar-refractivity contribution in [3.8, 4) is 0 Å². The van der Waals surface area contributed by atoms with Crippen LogP contribution < -0.4 is 16.3 Å². The number of anilines is 2. The molecule has 0 fully saturated rings. The lowest BCUT2D eigenvalue weighted by Gasteiger charge is -2.09. The van der Waals surface area contributed by atoms with Crippen LogP contribution in [0.25, 0.3) is 11.0 Å². The third-order valence-electron chi connectivity index (χ3n) is 4.25. The number of fused-ring (bicyclic) bond motifs is 1. The summed E-state index contributed by atoms with van der Waals surface area (Å²) in [5, 5.41) is 12.0. The number of para-hydroxylation sites is 1. The van der Waals surface area contributed by atoms with Gasteiger partial charge >= 0.3 is 5.69 Å². The number of amides is 2. The highest BCUT2D eigenvalue weighted by molar-refractivity contribution is 6.11. The van der Waals surface area contributed by atoms with E-state index in [0.29, 0.717) is 40.2 Å². The molecule has 146 valence electrons. The first-order valence-corrected chi connectivity index (χ1v) is 8.85. The number of H-pyrrole nitrogens is 3. The van der Waals surface area contributed by atoms with Crippen LogP contribution in [0.1, 0.15) is 22.6 Å². The van der Waals surface area contributed by atoms with Crippen molar-refractivity contribution < 1.29 is 9.59 Å². The lowest BCUT2D eigenvalue weighted by Crippen LogP contribution is -2.14. The third-order valence-corrected chi connectivity index (χ3v) is 4.25. The molecular formula is C19H17N7O3. The normalized spacial score (nSPS) is 10.8. The molecule has 0 atom stereocenters. The number of benzene rings is 2. The molecule has 10 nitrogen and oxygen atoms in total. The topological polar surface area (TPSA) is 148 Å². The van der Waals surface area contributed by atoms with E-state index in [1.54, 1.807) is 42.5 Å². The summed E-state index contributed by atoms with van der Waals surface area (Å²) < 4.78 is 0.